The number of carbonyl (C=O) groups excluding carboxylic acids is 2. The van der Waals surface area contributed by atoms with Crippen LogP contribution < -0.4 is 4.74 Å². The van der Waals surface area contributed by atoms with Crippen molar-refractivity contribution in [1.29, 1.82) is 0 Å². The van der Waals surface area contributed by atoms with Gasteiger partial charge in [-0.3, -0.25) is 9.59 Å². The lowest BCUT2D eigenvalue weighted by Crippen LogP contribution is -2.47. The van der Waals surface area contributed by atoms with Gasteiger partial charge in [-0.25, -0.2) is 0 Å². The van der Waals surface area contributed by atoms with Gasteiger partial charge in [0.05, 0.1) is 26.0 Å². The summed E-state index contributed by atoms with van der Waals surface area (Å²) in [4.78, 5) is 30.0. The van der Waals surface area contributed by atoms with E-state index in [0.717, 1.165) is 25.9 Å². The van der Waals surface area contributed by atoms with Crippen molar-refractivity contribution in [3.63, 3.8) is 0 Å². The lowest BCUT2D eigenvalue weighted by atomic mass is 10.1. The van der Waals surface area contributed by atoms with Gasteiger partial charge in [0.15, 0.2) is 0 Å². The summed E-state index contributed by atoms with van der Waals surface area (Å²) in [6.45, 7) is 5.55. The topological polar surface area (TPSA) is 72.2 Å². The molecule has 7 nitrogen and oxygen atoms in total. The predicted molar refractivity (Wildman–Crippen MR) is 117 cm³/mol. The molecular formula is C24H32N2O5. The number of nitrogens with zero attached hydrogens (tertiary/aromatic N) is 2. The van der Waals surface area contributed by atoms with E-state index in [1.807, 2.05) is 26.0 Å². The zero-order chi connectivity index (χ0) is 22.2. The molecule has 168 valence electrons. The number of amides is 2. The molecule has 0 radical (unpaired) electrons. The molecule has 7 heteroatoms. The highest BCUT2D eigenvalue weighted by molar-refractivity contribution is 5.96. The number of ether oxygens (including phenoxy) is 2. The lowest BCUT2D eigenvalue weighted by Gasteiger charge is -2.32. The second-order valence-electron chi connectivity index (χ2n) is 7.91. The molecule has 1 saturated heterocycles. The smallest absolute Gasteiger partial charge is 0.254 e. The molecule has 0 spiro atoms. The van der Waals surface area contributed by atoms with Crippen LogP contribution >= 0.6 is 0 Å². The molecular weight excluding hydrogens is 396 g/mol. The van der Waals surface area contributed by atoms with Gasteiger partial charge in [0.25, 0.3) is 5.91 Å². The Morgan fingerprint density at radius 2 is 2.00 bits per heavy atom. The Balaban J connectivity index is 1.75. The van der Waals surface area contributed by atoms with Crippen LogP contribution in [0.25, 0.3) is 0 Å². The molecule has 1 aliphatic heterocycles. The zero-order valence-corrected chi connectivity index (χ0v) is 18.6. The van der Waals surface area contributed by atoms with E-state index >= 15 is 0 Å². The number of furan rings is 1. The minimum atomic E-state index is -0.166. The van der Waals surface area contributed by atoms with Gasteiger partial charge in [-0.05, 0) is 62.6 Å². The second kappa shape index (κ2) is 11.0. The standard InChI is InChI=1S/C24H32N2O5/c1-4-18(2)26(24(28)19-9-11-20(29-3)12-10-19)17-23(27)25(15-21-7-5-13-30-21)16-22-8-6-14-31-22/h5,7,9-13,18,22H,4,6,8,14-17H2,1-3H3/t18-,22-/m0/s1. The van der Waals surface area contributed by atoms with Crippen molar-refractivity contribution in [2.75, 3.05) is 26.8 Å². The molecule has 0 bridgehead atoms. The fraction of sp³-hybridized carbons (Fsp3) is 0.500. The molecule has 0 N–H and O–H groups in total. The van der Waals surface area contributed by atoms with E-state index in [-0.39, 0.29) is 30.5 Å². The fourth-order valence-electron chi connectivity index (χ4n) is 3.67. The van der Waals surface area contributed by atoms with Crippen LogP contribution in [-0.2, 0) is 16.1 Å². The van der Waals surface area contributed by atoms with E-state index in [0.29, 0.717) is 30.2 Å². The Kier molecular flexibility index (Phi) is 8.12. The summed E-state index contributed by atoms with van der Waals surface area (Å²) >= 11 is 0. The SMILES string of the molecule is CC[C@H](C)N(CC(=O)N(Cc1ccco1)C[C@@H]1CCCO1)C(=O)c1ccc(OC)cc1. The molecule has 2 amide bonds. The van der Waals surface area contributed by atoms with Gasteiger partial charge in [-0.2, -0.15) is 0 Å². The third-order valence-electron chi connectivity index (χ3n) is 5.75. The summed E-state index contributed by atoms with van der Waals surface area (Å²) in [6, 6.07) is 10.6. The van der Waals surface area contributed by atoms with E-state index in [4.69, 9.17) is 13.9 Å². The van der Waals surface area contributed by atoms with Crippen molar-refractivity contribution in [3.05, 3.63) is 54.0 Å². The largest absolute Gasteiger partial charge is 0.497 e. The van der Waals surface area contributed by atoms with Crippen molar-refractivity contribution >= 4 is 11.8 Å². The highest BCUT2D eigenvalue weighted by Gasteiger charge is 2.28. The van der Waals surface area contributed by atoms with Crippen molar-refractivity contribution < 1.29 is 23.5 Å². The Morgan fingerprint density at radius 3 is 2.58 bits per heavy atom. The average Bonchev–Trinajstić information content (AvgIpc) is 3.50. The molecule has 1 aromatic heterocycles. The zero-order valence-electron chi connectivity index (χ0n) is 18.6. The fourth-order valence-corrected chi connectivity index (χ4v) is 3.67. The van der Waals surface area contributed by atoms with Crippen LogP contribution in [0.5, 0.6) is 5.75 Å². The average molecular weight is 429 g/mol. The molecule has 2 aromatic rings. The van der Waals surface area contributed by atoms with Crippen molar-refractivity contribution in [1.82, 2.24) is 9.80 Å². The second-order valence-corrected chi connectivity index (χ2v) is 7.91. The first-order chi connectivity index (χ1) is 15.0. The van der Waals surface area contributed by atoms with Crippen LogP contribution in [0.1, 0.15) is 49.2 Å². The van der Waals surface area contributed by atoms with Crippen LogP contribution in [0, 0.1) is 0 Å². The molecule has 1 aliphatic rings. The minimum absolute atomic E-state index is 0.00724. The monoisotopic (exact) mass is 428 g/mol. The molecule has 0 aliphatic carbocycles. The quantitative estimate of drug-likeness (QED) is 0.577. The van der Waals surface area contributed by atoms with Crippen LogP contribution in [0.15, 0.2) is 47.1 Å². The molecule has 0 saturated carbocycles. The number of hydrogen-bond donors (Lipinski definition) is 0. The number of methoxy groups -OCH3 is 1. The highest BCUT2D eigenvalue weighted by Crippen LogP contribution is 2.18. The molecule has 3 rings (SSSR count). The maximum Gasteiger partial charge on any atom is 0.254 e. The summed E-state index contributed by atoms with van der Waals surface area (Å²) in [5.74, 6) is 1.11. The third-order valence-corrected chi connectivity index (χ3v) is 5.75. The van der Waals surface area contributed by atoms with Gasteiger partial charge in [0.1, 0.15) is 18.1 Å². The van der Waals surface area contributed by atoms with Crippen molar-refractivity contribution in [3.8, 4) is 5.75 Å². The van der Waals surface area contributed by atoms with Crippen molar-refractivity contribution in [2.24, 2.45) is 0 Å². The molecule has 1 aromatic carbocycles. The minimum Gasteiger partial charge on any atom is -0.497 e. The molecule has 2 heterocycles. The van der Waals surface area contributed by atoms with Crippen molar-refractivity contribution in [2.45, 2.75) is 51.8 Å². The summed E-state index contributed by atoms with van der Waals surface area (Å²) in [6.07, 6.45) is 4.31. The normalized spacial score (nSPS) is 16.7. The first-order valence-corrected chi connectivity index (χ1v) is 10.9. The first-order valence-electron chi connectivity index (χ1n) is 10.9. The van der Waals surface area contributed by atoms with Gasteiger partial charge >= 0.3 is 0 Å². The number of rotatable bonds is 10. The third kappa shape index (κ3) is 6.10. The van der Waals surface area contributed by atoms with Crippen LogP contribution in [0.3, 0.4) is 0 Å². The van der Waals surface area contributed by atoms with Crippen LogP contribution in [-0.4, -0.2) is 60.6 Å². The molecule has 1 fully saturated rings. The van der Waals surface area contributed by atoms with Gasteiger partial charge < -0.3 is 23.7 Å². The Labute approximate surface area is 183 Å². The predicted octanol–water partition coefficient (Wildman–Crippen LogP) is 3.74. The molecule has 2 atom stereocenters. The van der Waals surface area contributed by atoms with Crippen LogP contribution in [0.2, 0.25) is 0 Å². The van der Waals surface area contributed by atoms with E-state index in [2.05, 4.69) is 0 Å². The Hall–Kier alpha value is -2.80. The van der Waals surface area contributed by atoms with E-state index < -0.39 is 0 Å². The van der Waals surface area contributed by atoms with Crippen LogP contribution in [0.4, 0.5) is 0 Å². The number of carbonyl (C=O) groups is 2. The maximum atomic E-state index is 13.3. The van der Waals surface area contributed by atoms with E-state index in [9.17, 15) is 9.59 Å². The van der Waals surface area contributed by atoms with Gasteiger partial charge in [-0.1, -0.05) is 6.92 Å². The highest BCUT2D eigenvalue weighted by atomic mass is 16.5. The molecule has 0 unspecified atom stereocenters. The summed E-state index contributed by atoms with van der Waals surface area (Å²) in [5, 5.41) is 0. The number of hydrogen-bond acceptors (Lipinski definition) is 5. The van der Waals surface area contributed by atoms with E-state index in [1.165, 1.54) is 0 Å². The van der Waals surface area contributed by atoms with E-state index in [1.54, 1.807) is 47.4 Å². The first kappa shape index (κ1) is 22.9. The summed E-state index contributed by atoms with van der Waals surface area (Å²) in [5.41, 5.74) is 0.533. The van der Waals surface area contributed by atoms with Gasteiger partial charge in [0.2, 0.25) is 5.91 Å². The maximum absolute atomic E-state index is 13.3. The lowest BCUT2D eigenvalue weighted by molar-refractivity contribution is -0.134. The summed E-state index contributed by atoms with van der Waals surface area (Å²) in [7, 11) is 1.59. The van der Waals surface area contributed by atoms with Gasteiger partial charge in [0, 0.05) is 24.8 Å². The Morgan fingerprint density at radius 1 is 1.23 bits per heavy atom. The number of benzene rings is 1. The summed E-state index contributed by atoms with van der Waals surface area (Å²) < 4.78 is 16.4. The Bertz CT molecular complexity index is 828. The molecule has 31 heavy (non-hydrogen) atoms. The van der Waals surface area contributed by atoms with Gasteiger partial charge in [-0.15, -0.1) is 0 Å².